The van der Waals surface area contributed by atoms with E-state index in [0.29, 0.717) is 18.2 Å². The van der Waals surface area contributed by atoms with E-state index in [9.17, 15) is 0 Å². The van der Waals surface area contributed by atoms with Crippen molar-refractivity contribution in [3.8, 4) is 0 Å². The van der Waals surface area contributed by atoms with Gasteiger partial charge in [0.15, 0.2) is 0 Å². The molecule has 0 rings (SSSR count). The molecule has 0 saturated carbocycles. The van der Waals surface area contributed by atoms with E-state index in [2.05, 4.69) is 20.4 Å². The molecule has 0 amide bonds. The summed E-state index contributed by atoms with van der Waals surface area (Å²) in [6.45, 7) is 8.91. The van der Waals surface area contributed by atoms with Gasteiger partial charge in [0.1, 0.15) is 5.76 Å². The Morgan fingerprint density at radius 3 is 2.56 bits per heavy atom. The SMILES string of the molecule is C=C(CN)OCC(C)C. The second kappa shape index (κ2) is 4.39. The third-order valence-corrected chi connectivity index (χ3v) is 0.848. The number of nitrogens with two attached hydrogens (primary N) is 1. The number of ether oxygens (including phenoxy) is 1. The maximum absolute atomic E-state index is 5.23. The van der Waals surface area contributed by atoms with Crippen LogP contribution in [0.1, 0.15) is 13.8 Å². The van der Waals surface area contributed by atoms with Crippen molar-refractivity contribution in [3.05, 3.63) is 12.3 Å². The summed E-state index contributed by atoms with van der Waals surface area (Å²) in [4.78, 5) is 0. The van der Waals surface area contributed by atoms with Crippen LogP contribution in [0.5, 0.6) is 0 Å². The van der Waals surface area contributed by atoms with Crippen molar-refractivity contribution in [1.29, 1.82) is 0 Å². The van der Waals surface area contributed by atoms with Gasteiger partial charge in [-0.1, -0.05) is 20.4 Å². The van der Waals surface area contributed by atoms with Crippen LogP contribution >= 0.6 is 0 Å². The Labute approximate surface area is 56.7 Å². The van der Waals surface area contributed by atoms with E-state index in [1.807, 2.05) is 0 Å². The Morgan fingerprint density at radius 1 is 1.67 bits per heavy atom. The molecule has 0 radical (unpaired) electrons. The molecule has 0 aliphatic rings. The molecule has 54 valence electrons. The van der Waals surface area contributed by atoms with Gasteiger partial charge >= 0.3 is 0 Å². The average molecular weight is 129 g/mol. The topological polar surface area (TPSA) is 35.2 Å². The molecule has 0 spiro atoms. The normalized spacial score (nSPS) is 9.78. The molecule has 0 fully saturated rings. The molecule has 0 saturated heterocycles. The summed E-state index contributed by atoms with van der Waals surface area (Å²) in [7, 11) is 0. The van der Waals surface area contributed by atoms with Gasteiger partial charge in [0.05, 0.1) is 13.2 Å². The van der Waals surface area contributed by atoms with Gasteiger partial charge in [0.2, 0.25) is 0 Å². The van der Waals surface area contributed by atoms with Crippen LogP contribution < -0.4 is 5.73 Å². The lowest BCUT2D eigenvalue weighted by atomic mass is 10.2. The van der Waals surface area contributed by atoms with Crippen LogP contribution in [-0.4, -0.2) is 13.2 Å². The predicted molar refractivity (Wildman–Crippen MR) is 39.0 cm³/mol. The fraction of sp³-hybridized carbons (Fsp3) is 0.714. The summed E-state index contributed by atoms with van der Waals surface area (Å²) in [6.07, 6.45) is 0. The molecule has 0 bridgehead atoms. The summed E-state index contributed by atoms with van der Waals surface area (Å²) < 4.78 is 5.13. The first-order valence-corrected chi connectivity index (χ1v) is 3.17. The molecule has 0 unspecified atom stereocenters. The molecular formula is C7H15NO. The van der Waals surface area contributed by atoms with E-state index in [4.69, 9.17) is 10.5 Å². The summed E-state index contributed by atoms with van der Waals surface area (Å²) in [5, 5.41) is 0. The third-order valence-electron chi connectivity index (χ3n) is 0.848. The first-order chi connectivity index (χ1) is 4.16. The zero-order valence-corrected chi connectivity index (χ0v) is 6.18. The predicted octanol–water partition coefficient (Wildman–Crippen LogP) is 1.13. The van der Waals surface area contributed by atoms with Gasteiger partial charge in [0.25, 0.3) is 0 Å². The Hall–Kier alpha value is -0.500. The van der Waals surface area contributed by atoms with Crippen LogP contribution in [0.4, 0.5) is 0 Å². The molecule has 0 aromatic carbocycles. The van der Waals surface area contributed by atoms with Gasteiger partial charge < -0.3 is 10.5 Å². The van der Waals surface area contributed by atoms with Gasteiger partial charge in [-0.05, 0) is 5.92 Å². The molecule has 2 N–H and O–H groups in total. The van der Waals surface area contributed by atoms with E-state index in [-0.39, 0.29) is 0 Å². The zero-order valence-electron chi connectivity index (χ0n) is 6.18. The zero-order chi connectivity index (χ0) is 7.28. The van der Waals surface area contributed by atoms with E-state index < -0.39 is 0 Å². The molecule has 2 nitrogen and oxygen atoms in total. The van der Waals surface area contributed by atoms with Crippen LogP contribution in [0.3, 0.4) is 0 Å². The lowest BCUT2D eigenvalue weighted by Gasteiger charge is -2.08. The summed E-state index contributed by atoms with van der Waals surface area (Å²) in [5.41, 5.74) is 5.23. The molecule has 0 heterocycles. The lowest BCUT2D eigenvalue weighted by molar-refractivity contribution is 0.178. The van der Waals surface area contributed by atoms with E-state index in [1.54, 1.807) is 0 Å². The van der Waals surface area contributed by atoms with Crippen LogP contribution in [-0.2, 0) is 4.74 Å². The molecule has 9 heavy (non-hydrogen) atoms. The van der Waals surface area contributed by atoms with Crippen molar-refractivity contribution in [1.82, 2.24) is 0 Å². The fourth-order valence-electron chi connectivity index (χ4n) is 0.343. The van der Waals surface area contributed by atoms with Gasteiger partial charge in [-0.15, -0.1) is 0 Å². The molecule has 0 atom stereocenters. The van der Waals surface area contributed by atoms with Gasteiger partial charge in [0, 0.05) is 0 Å². The van der Waals surface area contributed by atoms with Gasteiger partial charge in [-0.3, -0.25) is 0 Å². The van der Waals surface area contributed by atoms with Crippen molar-refractivity contribution < 1.29 is 4.74 Å². The van der Waals surface area contributed by atoms with Gasteiger partial charge in [-0.2, -0.15) is 0 Å². The molecule has 0 aliphatic heterocycles. The minimum Gasteiger partial charge on any atom is -0.497 e. The third kappa shape index (κ3) is 5.37. The number of hydrogen-bond acceptors (Lipinski definition) is 2. The van der Waals surface area contributed by atoms with Crippen molar-refractivity contribution >= 4 is 0 Å². The Kier molecular flexibility index (Phi) is 4.14. The summed E-state index contributed by atoms with van der Waals surface area (Å²) in [5.74, 6) is 1.22. The van der Waals surface area contributed by atoms with Crippen molar-refractivity contribution in [3.63, 3.8) is 0 Å². The second-order valence-corrected chi connectivity index (χ2v) is 2.45. The Balaban J connectivity index is 3.17. The van der Waals surface area contributed by atoms with Crippen LogP contribution in [0.15, 0.2) is 12.3 Å². The standard InChI is InChI=1S/C7H15NO/c1-6(2)5-9-7(3)4-8/h6H,3-5,8H2,1-2H3. The van der Waals surface area contributed by atoms with Crippen LogP contribution in [0.25, 0.3) is 0 Å². The smallest absolute Gasteiger partial charge is 0.102 e. The first kappa shape index (κ1) is 8.50. The summed E-state index contributed by atoms with van der Waals surface area (Å²) in [6, 6.07) is 0. The molecule has 2 heteroatoms. The lowest BCUT2D eigenvalue weighted by Crippen LogP contribution is -2.08. The maximum atomic E-state index is 5.23. The molecule has 0 aromatic heterocycles. The largest absolute Gasteiger partial charge is 0.497 e. The van der Waals surface area contributed by atoms with E-state index in [0.717, 1.165) is 6.61 Å². The van der Waals surface area contributed by atoms with Crippen LogP contribution in [0.2, 0.25) is 0 Å². The monoisotopic (exact) mass is 129 g/mol. The maximum Gasteiger partial charge on any atom is 0.102 e. The number of hydrogen-bond donors (Lipinski definition) is 1. The van der Waals surface area contributed by atoms with Crippen molar-refractivity contribution in [2.45, 2.75) is 13.8 Å². The number of rotatable bonds is 4. The minimum absolute atomic E-state index is 0.423. The minimum atomic E-state index is 0.423. The quantitative estimate of drug-likeness (QED) is 0.577. The van der Waals surface area contributed by atoms with E-state index in [1.165, 1.54) is 0 Å². The Morgan fingerprint density at radius 2 is 2.22 bits per heavy atom. The first-order valence-electron chi connectivity index (χ1n) is 3.17. The van der Waals surface area contributed by atoms with Crippen LogP contribution in [0, 0.1) is 5.92 Å². The van der Waals surface area contributed by atoms with Gasteiger partial charge in [-0.25, -0.2) is 0 Å². The highest BCUT2D eigenvalue weighted by Gasteiger charge is 1.94. The molecule has 0 aliphatic carbocycles. The fourth-order valence-corrected chi connectivity index (χ4v) is 0.343. The van der Waals surface area contributed by atoms with Crippen molar-refractivity contribution in [2.24, 2.45) is 11.7 Å². The Bertz CT molecular complexity index is 88.9. The van der Waals surface area contributed by atoms with E-state index >= 15 is 0 Å². The second-order valence-electron chi connectivity index (χ2n) is 2.45. The highest BCUT2D eigenvalue weighted by Crippen LogP contribution is 1.96. The molecular weight excluding hydrogens is 114 g/mol. The summed E-state index contributed by atoms with van der Waals surface area (Å²) >= 11 is 0. The van der Waals surface area contributed by atoms with Crippen molar-refractivity contribution in [2.75, 3.05) is 13.2 Å². The highest BCUT2D eigenvalue weighted by molar-refractivity contribution is 4.82. The highest BCUT2D eigenvalue weighted by atomic mass is 16.5. The molecule has 0 aromatic rings. The average Bonchev–Trinajstić information content (AvgIpc) is 1.83.